The number of phenolic OH excluding ortho intramolecular Hbond substituents is 1. The molecule has 0 saturated carbocycles. The number of fused-ring (bicyclic) bond motifs is 1. The van der Waals surface area contributed by atoms with Crippen LogP contribution in [0.4, 0.5) is 5.69 Å². The van der Waals surface area contributed by atoms with Gasteiger partial charge in [0, 0.05) is 24.2 Å². The molecule has 0 atom stereocenters. The highest BCUT2D eigenvalue weighted by atomic mass is 79.9. The van der Waals surface area contributed by atoms with Crippen molar-refractivity contribution in [3.05, 3.63) is 30.5 Å². The van der Waals surface area contributed by atoms with E-state index < -0.39 is 0 Å². The smallest absolute Gasteiger partial charge is 0.118 e. The van der Waals surface area contributed by atoms with Crippen LogP contribution >= 0.6 is 34.0 Å². The number of hydrogen-bond acceptors (Lipinski definition) is 4. The standard InChI is InChI=1S/C16H23N3O.2BrH/c1-3-19(4-2)10-6-9-17-15-12-14(20)11-13-7-5-8-18-16(13)15;;/h5,7-8,11-12,17,20H,3-4,6,9-10H2,1-2H3;2*1H. The molecule has 1 aromatic heterocycles. The minimum atomic E-state index is 0. The van der Waals surface area contributed by atoms with Crippen molar-refractivity contribution in [1.82, 2.24) is 9.88 Å². The molecule has 4 nitrogen and oxygen atoms in total. The van der Waals surface area contributed by atoms with Crippen LogP contribution in [0, 0.1) is 0 Å². The van der Waals surface area contributed by atoms with E-state index in [-0.39, 0.29) is 39.7 Å². The first-order valence-electron chi connectivity index (χ1n) is 7.28. The summed E-state index contributed by atoms with van der Waals surface area (Å²) in [5, 5.41) is 14.1. The minimum Gasteiger partial charge on any atom is -0.508 e. The summed E-state index contributed by atoms with van der Waals surface area (Å²) >= 11 is 0. The lowest BCUT2D eigenvalue weighted by atomic mass is 10.1. The number of phenols is 1. The molecule has 22 heavy (non-hydrogen) atoms. The largest absolute Gasteiger partial charge is 0.508 e. The number of hydrogen-bond donors (Lipinski definition) is 2. The molecule has 1 aromatic carbocycles. The van der Waals surface area contributed by atoms with Gasteiger partial charge in [-0.05, 0) is 38.2 Å². The Labute approximate surface area is 153 Å². The molecule has 0 amide bonds. The van der Waals surface area contributed by atoms with Crippen LogP contribution in [0.15, 0.2) is 30.5 Å². The molecule has 2 N–H and O–H groups in total. The highest BCUT2D eigenvalue weighted by molar-refractivity contribution is 8.93. The predicted octanol–water partition coefficient (Wildman–Crippen LogP) is 4.24. The third-order valence-corrected chi connectivity index (χ3v) is 3.55. The van der Waals surface area contributed by atoms with Gasteiger partial charge in [0.1, 0.15) is 5.75 Å². The van der Waals surface area contributed by atoms with Crippen molar-refractivity contribution in [1.29, 1.82) is 0 Å². The van der Waals surface area contributed by atoms with Crippen LogP contribution in [0.2, 0.25) is 0 Å². The molecule has 0 fully saturated rings. The number of benzene rings is 1. The molecule has 0 aliphatic carbocycles. The molecule has 2 rings (SSSR count). The summed E-state index contributed by atoms with van der Waals surface area (Å²) in [5.74, 6) is 0.275. The van der Waals surface area contributed by atoms with Crippen molar-refractivity contribution in [2.24, 2.45) is 0 Å². The zero-order valence-corrected chi connectivity index (χ0v) is 16.5. The topological polar surface area (TPSA) is 48.4 Å². The zero-order chi connectivity index (χ0) is 14.4. The fraction of sp³-hybridized carbons (Fsp3) is 0.438. The van der Waals surface area contributed by atoms with E-state index in [1.54, 1.807) is 18.3 Å². The second-order valence-corrected chi connectivity index (χ2v) is 4.88. The summed E-state index contributed by atoms with van der Waals surface area (Å²) in [4.78, 5) is 6.79. The lowest BCUT2D eigenvalue weighted by Gasteiger charge is -2.18. The van der Waals surface area contributed by atoms with Gasteiger partial charge < -0.3 is 15.3 Å². The fourth-order valence-electron chi connectivity index (χ4n) is 2.38. The highest BCUT2D eigenvalue weighted by Crippen LogP contribution is 2.26. The van der Waals surface area contributed by atoms with Gasteiger partial charge in [0.2, 0.25) is 0 Å². The number of pyridine rings is 1. The molecular formula is C16H25Br2N3O. The Morgan fingerprint density at radius 3 is 2.59 bits per heavy atom. The van der Waals surface area contributed by atoms with Crippen LogP contribution < -0.4 is 5.32 Å². The Morgan fingerprint density at radius 1 is 1.18 bits per heavy atom. The molecule has 0 aliphatic heterocycles. The number of aromatic hydroxyl groups is 1. The average Bonchev–Trinajstić information content (AvgIpc) is 2.47. The number of nitrogens with zero attached hydrogens (tertiary/aromatic N) is 2. The first-order chi connectivity index (χ1) is 9.74. The third kappa shape index (κ3) is 5.74. The van der Waals surface area contributed by atoms with E-state index in [1.165, 1.54) is 0 Å². The maximum atomic E-state index is 9.76. The SMILES string of the molecule is Br.Br.CCN(CC)CCCNc1cc(O)cc2cccnc12. The van der Waals surface area contributed by atoms with E-state index in [0.717, 1.165) is 49.2 Å². The van der Waals surface area contributed by atoms with E-state index >= 15 is 0 Å². The van der Waals surface area contributed by atoms with Gasteiger partial charge in [0.15, 0.2) is 0 Å². The van der Waals surface area contributed by atoms with Gasteiger partial charge in [0.25, 0.3) is 0 Å². The van der Waals surface area contributed by atoms with Gasteiger partial charge in [-0.25, -0.2) is 0 Å². The van der Waals surface area contributed by atoms with Gasteiger partial charge in [-0.2, -0.15) is 0 Å². The van der Waals surface area contributed by atoms with E-state index in [2.05, 4.69) is 29.0 Å². The van der Waals surface area contributed by atoms with Crippen LogP contribution in [-0.4, -0.2) is 41.2 Å². The van der Waals surface area contributed by atoms with Gasteiger partial charge in [-0.1, -0.05) is 19.9 Å². The van der Waals surface area contributed by atoms with E-state index in [4.69, 9.17) is 0 Å². The summed E-state index contributed by atoms with van der Waals surface area (Å²) in [6, 6.07) is 7.32. The highest BCUT2D eigenvalue weighted by Gasteiger charge is 2.04. The molecule has 0 saturated heterocycles. The maximum Gasteiger partial charge on any atom is 0.118 e. The molecule has 1 heterocycles. The fourth-order valence-corrected chi connectivity index (χ4v) is 2.38. The third-order valence-electron chi connectivity index (χ3n) is 3.55. The van der Waals surface area contributed by atoms with Gasteiger partial charge in [-0.3, -0.25) is 4.98 Å². The van der Waals surface area contributed by atoms with Gasteiger partial charge in [-0.15, -0.1) is 34.0 Å². The normalized spacial score (nSPS) is 10.1. The molecule has 124 valence electrons. The van der Waals surface area contributed by atoms with Crippen LogP contribution in [0.3, 0.4) is 0 Å². The Bertz CT molecular complexity index is 562. The average molecular weight is 435 g/mol. The number of rotatable bonds is 7. The summed E-state index contributed by atoms with van der Waals surface area (Å²) < 4.78 is 0. The monoisotopic (exact) mass is 433 g/mol. The van der Waals surface area contributed by atoms with Crippen LogP contribution in [0.1, 0.15) is 20.3 Å². The van der Waals surface area contributed by atoms with Crippen molar-refractivity contribution in [3.8, 4) is 5.75 Å². The van der Waals surface area contributed by atoms with Crippen molar-refractivity contribution in [3.63, 3.8) is 0 Å². The first kappa shape index (κ1) is 21.1. The second kappa shape index (κ2) is 10.8. The predicted molar refractivity (Wildman–Crippen MR) is 105 cm³/mol. The number of aromatic nitrogens is 1. The molecule has 6 heteroatoms. The summed E-state index contributed by atoms with van der Waals surface area (Å²) in [6.07, 6.45) is 2.85. The molecule has 0 radical (unpaired) electrons. The Hall–Kier alpha value is -0.850. The lowest BCUT2D eigenvalue weighted by molar-refractivity contribution is 0.303. The Balaban J connectivity index is 0.00000220. The molecule has 0 spiro atoms. The molecule has 0 bridgehead atoms. The van der Waals surface area contributed by atoms with E-state index in [1.807, 2.05) is 12.1 Å². The number of halogens is 2. The minimum absolute atomic E-state index is 0. The van der Waals surface area contributed by atoms with Gasteiger partial charge in [0.05, 0.1) is 11.2 Å². The summed E-state index contributed by atoms with van der Waals surface area (Å²) in [6.45, 7) is 8.52. The maximum absolute atomic E-state index is 9.76. The zero-order valence-electron chi connectivity index (χ0n) is 13.1. The van der Waals surface area contributed by atoms with Crippen LogP contribution in [-0.2, 0) is 0 Å². The molecular weight excluding hydrogens is 410 g/mol. The van der Waals surface area contributed by atoms with E-state index in [9.17, 15) is 5.11 Å². The molecule has 0 unspecified atom stereocenters. The molecule has 0 aliphatic rings. The van der Waals surface area contributed by atoms with Crippen LogP contribution in [0.25, 0.3) is 10.9 Å². The Morgan fingerprint density at radius 2 is 1.91 bits per heavy atom. The second-order valence-electron chi connectivity index (χ2n) is 4.88. The quantitative estimate of drug-likeness (QED) is 0.639. The number of nitrogens with one attached hydrogen (secondary N) is 1. The van der Waals surface area contributed by atoms with Crippen molar-refractivity contribution < 1.29 is 5.11 Å². The first-order valence-corrected chi connectivity index (χ1v) is 7.28. The Kier molecular flexibility index (Phi) is 10.4. The van der Waals surface area contributed by atoms with Crippen molar-refractivity contribution in [2.75, 3.05) is 31.5 Å². The van der Waals surface area contributed by atoms with Crippen LogP contribution in [0.5, 0.6) is 5.75 Å². The van der Waals surface area contributed by atoms with Crippen molar-refractivity contribution in [2.45, 2.75) is 20.3 Å². The summed E-state index contributed by atoms with van der Waals surface area (Å²) in [5.41, 5.74) is 1.81. The lowest BCUT2D eigenvalue weighted by Crippen LogP contribution is -2.25. The van der Waals surface area contributed by atoms with Crippen molar-refractivity contribution >= 4 is 50.6 Å². The molecule has 2 aromatic rings. The van der Waals surface area contributed by atoms with E-state index in [0.29, 0.717) is 0 Å². The summed E-state index contributed by atoms with van der Waals surface area (Å²) in [7, 11) is 0. The van der Waals surface area contributed by atoms with Gasteiger partial charge >= 0.3 is 0 Å². The number of anilines is 1.